The summed E-state index contributed by atoms with van der Waals surface area (Å²) in [4.78, 5) is 22.8. The monoisotopic (exact) mass is 353 g/mol. The molecule has 2 aromatic carbocycles. The van der Waals surface area contributed by atoms with E-state index in [1.807, 2.05) is 0 Å². The van der Waals surface area contributed by atoms with Crippen LogP contribution in [0.1, 0.15) is 5.56 Å². The zero-order valence-electron chi connectivity index (χ0n) is 13.1. The molecule has 0 aromatic heterocycles. The van der Waals surface area contributed by atoms with E-state index in [4.69, 9.17) is 4.74 Å². The van der Waals surface area contributed by atoms with Crippen LogP contribution in [-0.2, 0) is 20.7 Å². The van der Waals surface area contributed by atoms with Crippen LogP contribution in [0.5, 0.6) is 5.75 Å². The zero-order chi connectivity index (χ0) is 18.4. The Balaban J connectivity index is 1.90. The van der Waals surface area contributed by atoms with E-state index in [0.717, 1.165) is 6.07 Å². The third kappa shape index (κ3) is 4.97. The number of esters is 1. The summed E-state index contributed by atoms with van der Waals surface area (Å²) in [5, 5.41) is 2.09. The number of hydrogen-bond donors (Lipinski definition) is 1. The lowest BCUT2D eigenvalue weighted by Gasteiger charge is -2.09. The third-order valence-corrected chi connectivity index (χ3v) is 3.18. The predicted molar refractivity (Wildman–Crippen MR) is 82.6 cm³/mol. The zero-order valence-corrected chi connectivity index (χ0v) is 13.1. The molecular weight excluding hydrogens is 339 g/mol. The first kappa shape index (κ1) is 18.3. The minimum absolute atomic E-state index is 0.104. The van der Waals surface area contributed by atoms with Crippen LogP contribution in [0.25, 0.3) is 0 Å². The van der Waals surface area contributed by atoms with E-state index in [1.54, 1.807) is 24.3 Å². The van der Waals surface area contributed by atoms with Gasteiger partial charge >= 0.3 is 5.97 Å². The van der Waals surface area contributed by atoms with Crippen molar-refractivity contribution in [3.63, 3.8) is 0 Å². The molecule has 1 N–H and O–H groups in total. The molecule has 0 fully saturated rings. The molecule has 1 amide bonds. The first-order valence-corrected chi connectivity index (χ1v) is 7.12. The van der Waals surface area contributed by atoms with Crippen molar-refractivity contribution < 1.29 is 32.2 Å². The van der Waals surface area contributed by atoms with Crippen LogP contribution in [-0.4, -0.2) is 25.6 Å². The van der Waals surface area contributed by atoms with Crippen LogP contribution in [0.4, 0.5) is 18.9 Å². The molecule has 132 valence electrons. The van der Waals surface area contributed by atoms with Gasteiger partial charge in [0.15, 0.2) is 24.1 Å². The fourth-order valence-electron chi connectivity index (χ4n) is 1.90. The number of hydrogen-bond acceptors (Lipinski definition) is 4. The van der Waals surface area contributed by atoms with Crippen LogP contribution in [0, 0.1) is 17.5 Å². The second-order valence-electron chi connectivity index (χ2n) is 4.96. The Kier molecular flexibility index (Phi) is 5.99. The number of anilines is 1. The topological polar surface area (TPSA) is 64.6 Å². The number of rotatable bonds is 6. The molecule has 0 saturated heterocycles. The molecule has 0 heterocycles. The highest BCUT2D eigenvalue weighted by Crippen LogP contribution is 2.19. The standard InChI is InChI=1S/C17H14F3NO4/c1-24-15(23)8-10-2-4-11(5-3-10)25-9-14(22)21-13-7-6-12(18)16(19)17(13)20/h2-7H,8-9H2,1H3,(H,21,22). The number of carbonyl (C=O) groups is 2. The summed E-state index contributed by atoms with van der Waals surface area (Å²) in [6, 6.07) is 7.95. The van der Waals surface area contributed by atoms with Gasteiger partial charge in [-0.2, -0.15) is 0 Å². The van der Waals surface area contributed by atoms with Gasteiger partial charge in [-0.25, -0.2) is 13.2 Å². The molecule has 5 nitrogen and oxygen atoms in total. The van der Waals surface area contributed by atoms with Crippen LogP contribution < -0.4 is 10.1 Å². The highest BCUT2D eigenvalue weighted by atomic mass is 19.2. The van der Waals surface area contributed by atoms with Crippen molar-refractivity contribution in [2.24, 2.45) is 0 Å². The van der Waals surface area contributed by atoms with E-state index in [9.17, 15) is 22.8 Å². The molecular formula is C17H14F3NO4. The Morgan fingerprint density at radius 2 is 1.68 bits per heavy atom. The van der Waals surface area contributed by atoms with Gasteiger partial charge in [0.1, 0.15) is 5.75 Å². The lowest BCUT2D eigenvalue weighted by atomic mass is 10.1. The Morgan fingerprint density at radius 1 is 1.00 bits per heavy atom. The van der Waals surface area contributed by atoms with Gasteiger partial charge in [-0.05, 0) is 29.8 Å². The fourth-order valence-corrected chi connectivity index (χ4v) is 1.90. The Labute approximate surface area is 141 Å². The van der Waals surface area contributed by atoms with Crippen molar-refractivity contribution in [3.8, 4) is 5.75 Å². The maximum absolute atomic E-state index is 13.5. The van der Waals surface area contributed by atoms with Crippen LogP contribution in [0.2, 0.25) is 0 Å². The number of ether oxygens (including phenoxy) is 2. The smallest absolute Gasteiger partial charge is 0.309 e. The lowest BCUT2D eigenvalue weighted by molar-refractivity contribution is -0.139. The molecule has 0 radical (unpaired) electrons. The second kappa shape index (κ2) is 8.18. The SMILES string of the molecule is COC(=O)Cc1ccc(OCC(=O)Nc2ccc(F)c(F)c2F)cc1. The molecule has 0 aliphatic rings. The summed E-state index contributed by atoms with van der Waals surface area (Å²) in [5.41, 5.74) is 0.216. The molecule has 0 spiro atoms. The van der Waals surface area contributed by atoms with Gasteiger partial charge in [0.25, 0.3) is 5.91 Å². The minimum atomic E-state index is -1.67. The second-order valence-corrected chi connectivity index (χ2v) is 4.96. The first-order valence-electron chi connectivity index (χ1n) is 7.12. The fraction of sp³-hybridized carbons (Fsp3) is 0.176. The normalized spacial score (nSPS) is 10.2. The number of methoxy groups -OCH3 is 1. The van der Waals surface area contributed by atoms with Gasteiger partial charge in [-0.1, -0.05) is 12.1 Å². The summed E-state index contributed by atoms with van der Waals surface area (Å²) in [6.45, 7) is -0.464. The minimum Gasteiger partial charge on any atom is -0.484 e. The van der Waals surface area contributed by atoms with Gasteiger partial charge in [-0.15, -0.1) is 0 Å². The highest BCUT2D eigenvalue weighted by Gasteiger charge is 2.15. The van der Waals surface area contributed by atoms with E-state index in [-0.39, 0.29) is 12.4 Å². The van der Waals surface area contributed by atoms with Gasteiger partial charge in [0.05, 0.1) is 19.2 Å². The van der Waals surface area contributed by atoms with Gasteiger partial charge in [0, 0.05) is 0 Å². The van der Waals surface area contributed by atoms with Crippen molar-refractivity contribution in [3.05, 3.63) is 59.4 Å². The van der Waals surface area contributed by atoms with Gasteiger partial charge < -0.3 is 14.8 Å². The summed E-state index contributed by atoms with van der Waals surface area (Å²) >= 11 is 0. The first-order chi connectivity index (χ1) is 11.9. The molecule has 0 atom stereocenters. The van der Waals surface area contributed by atoms with E-state index in [0.29, 0.717) is 17.4 Å². The van der Waals surface area contributed by atoms with Gasteiger partial charge in [-0.3, -0.25) is 9.59 Å². The molecule has 0 aliphatic carbocycles. The van der Waals surface area contributed by atoms with Crippen molar-refractivity contribution in [1.82, 2.24) is 0 Å². The van der Waals surface area contributed by atoms with Crippen molar-refractivity contribution in [2.45, 2.75) is 6.42 Å². The van der Waals surface area contributed by atoms with Crippen molar-refractivity contribution >= 4 is 17.6 Å². The number of benzene rings is 2. The van der Waals surface area contributed by atoms with E-state index in [2.05, 4.69) is 10.1 Å². The van der Waals surface area contributed by atoms with E-state index in [1.165, 1.54) is 7.11 Å². The van der Waals surface area contributed by atoms with E-state index < -0.39 is 35.7 Å². The lowest BCUT2D eigenvalue weighted by Crippen LogP contribution is -2.21. The third-order valence-electron chi connectivity index (χ3n) is 3.18. The Morgan fingerprint density at radius 3 is 2.32 bits per heavy atom. The predicted octanol–water partition coefficient (Wildman–Crippen LogP) is 2.84. The average molecular weight is 353 g/mol. The number of amides is 1. The number of carbonyl (C=O) groups excluding carboxylic acids is 2. The largest absolute Gasteiger partial charge is 0.484 e. The molecule has 0 aliphatic heterocycles. The van der Waals surface area contributed by atoms with Gasteiger partial charge in [0.2, 0.25) is 0 Å². The van der Waals surface area contributed by atoms with Crippen LogP contribution >= 0.6 is 0 Å². The Hall–Kier alpha value is -3.03. The van der Waals surface area contributed by atoms with Crippen molar-refractivity contribution in [1.29, 1.82) is 0 Å². The summed E-state index contributed by atoms with van der Waals surface area (Å²) in [6.07, 6.45) is 0.104. The Bertz CT molecular complexity index is 778. The maximum Gasteiger partial charge on any atom is 0.309 e. The molecule has 8 heteroatoms. The molecule has 2 aromatic rings. The molecule has 25 heavy (non-hydrogen) atoms. The van der Waals surface area contributed by atoms with Crippen molar-refractivity contribution in [2.75, 3.05) is 19.0 Å². The molecule has 2 rings (SSSR count). The molecule has 0 bridgehead atoms. The van der Waals surface area contributed by atoms with Crippen LogP contribution in [0.3, 0.4) is 0 Å². The average Bonchev–Trinajstić information content (AvgIpc) is 2.61. The summed E-state index contributed by atoms with van der Waals surface area (Å²) in [5.74, 6) is -5.29. The quantitative estimate of drug-likeness (QED) is 0.641. The summed E-state index contributed by atoms with van der Waals surface area (Å²) < 4.78 is 49.1. The number of halogens is 3. The molecule has 0 unspecified atom stereocenters. The maximum atomic E-state index is 13.5. The summed E-state index contributed by atoms with van der Waals surface area (Å²) in [7, 11) is 1.29. The highest BCUT2D eigenvalue weighted by molar-refractivity contribution is 5.92. The van der Waals surface area contributed by atoms with Crippen LogP contribution in [0.15, 0.2) is 36.4 Å². The number of nitrogens with one attached hydrogen (secondary N) is 1. The van der Waals surface area contributed by atoms with E-state index >= 15 is 0 Å². The molecule has 0 saturated carbocycles.